The van der Waals surface area contributed by atoms with Crippen LogP contribution >= 0.6 is 23.2 Å². The van der Waals surface area contributed by atoms with Crippen molar-refractivity contribution in [1.29, 1.82) is 0 Å². The lowest BCUT2D eigenvalue weighted by Gasteiger charge is -2.23. The first kappa shape index (κ1) is 18.0. The summed E-state index contributed by atoms with van der Waals surface area (Å²) in [7, 11) is 0. The van der Waals surface area contributed by atoms with E-state index in [1.807, 2.05) is 6.08 Å². The minimum Gasteiger partial charge on any atom is -0.377 e. The molecule has 1 spiro atoms. The summed E-state index contributed by atoms with van der Waals surface area (Å²) in [5.41, 5.74) is 1.60. The standard InChI is InChI=1S/C19H17Cl2N5O2/c20-14-13-16(25-18(21)24-14)26(17(27)19(13)5-1-2-6-19)12-9-22-15(23-10-12)11-3-7-28-8-4-11/h3,9-10H,1-2,4-8H2. The molecule has 7 nitrogen and oxygen atoms in total. The first-order valence-electron chi connectivity index (χ1n) is 9.27. The number of carbonyl (C=O) groups is 1. The third-order valence-corrected chi connectivity index (χ3v) is 6.17. The Kier molecular flexibility index (Phi) is 4.34. The molecule has 1 saturated carbocycles. The van der Waals surface area contributed by atoms with E-state index in [0.717, 1.165) is 37.7 Å². The molecule has 0 aromatic carbocycles. The van der Waals surface area contributed by atoms with Crippen molar-refractivity contribution in [3.8, 4) is 0 Å². The average Bonchev–Trinajstić information content (AvgIpc) is 3.28. The number of nitrogens with zero attached hydrogens (tertiary/aromatic N) is 5. The lowest BCUT2D eigenvalue weighted by atomic mass is 9.81. The lowest BCUT2D eigenvalue weighted by molar-refractivity contribution is -0.122. The molecule has 2 aliphatic heterocycles. The predicted octanol–water partition coefficient (Wildman–Crippen LogP) is 3.87. The zero-order valence-electron chi connectivity index (χ0n) is 15.0. The Bertz CT molecular complexity index is 987. The van der Waals surface area contributed by atoms with E-state index in [9.17, 15) is 4.79 Å². The maximum absolute atomic E-state index is 13.5. The summed E-state index contributed by atoms with van der Waals surface area (Å²) in [4.78, 5) is 32.4. The average molecular weight is 418 g/mol. The largest absolute Gasteiger partial charge is 0.377 e. The highest BCUT2D eigenvalue weighted by atomic mass is 35.5. The van der Waals surface area contributed by atoms with E-state index in [-0.39, 0.29) is 16.3 Å². The quantitative estimate of drug-likeness (QED) is 0.544. The zero-order valence-corrected chi connectivity index (χ0v) is 16.5. The van der Waals surface area contributed by atoms with Gasteiger partial charge in [0.1, 0.15) is 5.15 Å². The molecule has 1 fully saturated rings. The van der Waals surface area contributed by atoms with E-state index in [0.29, 0.717) is 36.1 Å². The van der Waals surface area contributed by atoms with Crippen LogP contribution in [0.25, 0.3) is 5.57 Å². The van der Waals surface area contributed by atoms with Gasteiger partial charge in [0.25, 0.3) is 0 Å². The van der Waals surface area contributed by atoms with Gasteiger partial charge in [0.05, 0.1) is 36.7 Å². The number of halogens is 2. The van der Waals surface area contributed by atoms with Gasteiger partial charge in [-0.15, -0.1) is 0 Å². The molecule has 0 N–H and O–H groups in total. The van der Waals surface area contributed by atoms with Crippen molar-refractivity contribution in [3.63, 3.8) is 0 Å². The first-order valence-corrected chi connectivity index (χ1v) is 10.0. The highest BCUT2D eigenvalue weighted by Crippen LogP contribution is 2.54. The van der Waals surface area contributed by atoms with Crippen LogP contribution in [0.1, 0.15) is 43.5 Å². The van der Waals surface area contributed by atoms with Crippen molar-refractivity contribution in [3.05, 3.63) is 40.3 Å². The highest BCUT2D eigenvalue weighted by Gasteiger charge is 2.55. The maximum atomic E-state index is 13.5. The van der Waals surface area contributed by atoms with Crippen LogP contribution in [0.2, 0.25) is 10.4 Å². The van der Waals surface area contributed by atoms with E-state index >= 15 is 0 Å². The van der Waals surface area contributed by atoms with E-state index in [4.69, 9.17) is 27.9 Å². The summed E-state index contributed by atoms with van der Waals surface area (Å²) in [5, 5.41) is 0.263. The Hall–Kier alpha value is -2.09. The second-order valence-electron chi connectivity index (χ2n) is 7.23. The summed E-state index contributed by atoms with van der Waals surface area (Å²) in [6.07, 6.45) is 9.43. The van der Waals surface area contributed by atoms with Gasteiger partial charge in [0.2, 0.25) is 11.2 Å². The second-order valence-corrected chi connectivity index (χ2v) is 7.93. The topological polar surface area (TPSA) is 81.1 Å². The Labute approximate surface area is 171 Å². The fraction of sp³-hybridized carbons (Fsp3) is 0.421. The number of hydrogen-bond acceptors (Lipinski definition) is 6. The first-order chi connectivity index (χ1) is 13.6. The van der Waals surface area contributed by atoms with Crippen LogP contribution in [-0.2, 0) is 14.9 Å². The molecule has 1 amide bonds. The van der Waals surface area contributed by atoms with Gasteiger partial charge >= 0.3 is 0 Å². The molecule has 5 rings (SSSR count). The molecule has 9 heteroatoms. The lowest BCUT2D eigenvalue weighted by Crippen LogP contribution is -2.36. The van der Waals surface area contributed by atoms with Gasteiger partial charge in [-0.25, -0.2) is 15.0 Å². The van der Waals surface area contributed by atoms with Crippen molar-refractivity contribution in [2.24, 2.45) is 0 Å². The summed E-state index contributed by atoms with van der Waals surface area (Å²) >= 11 is 12.5. The van der Waals surface area contributed by atoms with Gasteiger partial charge in [0.15, 0.2) is 11.6 Å². The molecule has 144 valence electrons. The van der Waals surface area contributed by atoms with Crippen molar-refractivity contribution >= 4 is 46.2 Å². The van der Waals surface area contributed by atoms with E-state index in [1.165, 1.54) is 0 Å². The minimum atomic E-state index is -0.682. The molecular formula is C19H17Cl2N5O2. The third-order valence-electron chi connectivity index (χ3n) is 5.73. The Morgan fingerprint density at radius 1 is 1.11 bits per heavy atom. The molecular weight excluding hydrogens is 401 g/mol. The smallest absolute Gasteiger partial charge is 0.243 e. The number of rotatable bonds is 2. The molecule has 0 unspecified atom stereocenters. The second kappa shape index (κ2) is 6.76. The molecule has 28 heavy (non-hydrogen) atoms. The number of carbonyl (C=O) groups excluding carboxylic acids is 1. The fourth-order valence-corrected chi connectivity index (χ4v) is 4.96. The molecule has 3 aliphatic rings. The van der Waals surface area contributed by atoms with Gasteiger partial charge in [-0.05, 0) is 36.4 Å². The maximum Gasteiger partial charge on any atom is 0.243 e. The Morgan fingerprint density at radius 3 is 2.54 bits per heavy atom. The SMILES string of the molecule is O=C1N(c2cnc(C3=CCOCC3)nc2)c2nc(Cl)nc(Cl)c2C12CCCC2. The van der Waals surface area contributed by atoms with Crippen LogP contribution in [0.15, 0.2) is 18.5 Å². The van der Waals surface area contributed by atoms with Crippen LogP contribution in [0.3, 0.4) is 0 Å². The van der Waals surface area contributed by atoms with Gasteiger partial charge in [-0.1, -0.05) is 30.5 Å². The Morgan fingerprint density at radius 2 is 1.86 bits per heavy atom. The van der Waals surface area contributed by atoms with Crippen LogP contribution in [0.5, 0.6) is 0 Å². The van der Waals surface area contributed by atoms with Crippen molar-refractivity contribution in [1.82, 2.24) is 19.9 Å². The number of ether oxygens (including phenoxy) is 1. The third kappa shape index (κ3) is 2.64. The number of hydrogen-bond donors (Lipinski definition) is 0. The van der Waals surface area contributed by atoms with Gasteiger partial charge in [-0.3, -0.25) is 9.69 Å². The summed E-state index contributed by atoms with van der Waals surface area (Å²) < 4.78 is 5.33. The number of anilines is 2. The van der Waals surface area contributed by atoms with Gasteiger partial charge < -0.3 is 4.74 Å². The minimum absolute atomic E-state index is 0.0153. The van der Waals surface area contributed by atoms with Crippen molar-refractivity contribution in [2.45, 2.75) is 37.5 Å². The number of amides is 1. The number of fused-ring (bicyclic) bond motifs is 2. The van der Waals surface area contributed by atoms with Crippen LogP contribution < -0.4 is 4.90 Å². The van der Waals surface area contributed by atoms with Crippen molar-refractivity contribution in [2.75, 3.05) is 18.1 Å². The van der Waals surface area contributed by atoms with Crippen molar-refractivity contribution < 1.29 is 9.53 Å². The van der Waals surface area contributed by atoms with Crippen LogP contribution in [0.4, 0.5) is 11.5 Å². The number of aromatic nitrogens is 4. The summed E-state index contributed by atoms with van der Waals surface area (Å²) in [6.45, 7) is 1.22. The highest BCUT2D eigenvalue weighted by molar-refractivity contribution is 6.34. The van der Waals surface area contributed by atoms with Gasteiger partial charge in [-0.2, -0.15) is 4.98 Å². The molecule has 0 bridgehead atoms. The zero-order chi connectivity index (χ0) is 19.3. The predicted molar refractivity (Wildman–Crippen MR) is 105 cm³/mol. The van der Waals surface area contributed by atoms with Crippen LogP contribution in [-0.4, -0.2) is 39.1 Å². The monoisotopic (exact) mass is 417 g/mol. The molecule has 4 heterocycles. The summed E-state index contributed by atoms with van der Waals surface area (Å²) in [6, 6.07) is 0. The van der Waals surface area contributed by atoms with Gasteiger partial charge in [0, 0.05) is 5.56 Å². The van der Waals surface area contributed by atoms with E-state index in [2.05, 4.69) is 19.9 Å². The van der Waals surface area contributed by atoms with E-state index in [1.54, 1.807) is 17.3 Å². The summed E-state index contributed by atoms with van der Waals surface area (Å²) in [5.74, 6) is 1.03. The molecule has 2 aromatic heterocycles. The van der Waals surface area contributed by atoms with E-state index < -0.39 is 5.41 Å². The molecule has 0 radical (unpaired) electrons. The Balaban J connectivity index is 1.59. The molecule has 2 aromatic rings. The molecule has 1 aliphatic carbocycles. The molecule has 0 atom stereocenters. The fourth-order valence-electron chi connectivity index (χ4n) is 4.40. The normalized spacial score (nSPS) is 20.6. The van der Waals surface area contributed by atoms with Crippen LogP contribution in [0, 0.1) is 0 Å². The molecule has 0 saturated heterocycles.